The molecule has 0 saturated carbocycles. The van der Waals surface area contributed by atoms with Gasteiger partial charge in [0.1, 0.15) is 5.60 Å². The molecule has 0 heterocycles. The highest BCUT2D eigenvalue weighted by atomic mass is 16.4. The molecule has 2 rings (SSSR count). The van der Waals surface area contributed by atoms with E-state index in [1.54, 1.807) is 31.2 Å². The zero-order chi connectivity index (χ0) is 11.9. The number of carboxylic acids is 1. The molecule has 0 bridgehead atoms. The number of carboxylic acid groups (broad SMARTS) is 1. The number of aliphatic carboxylic acids is 1. The third kappa shape index (κ3) is 1.34. The molecular weight excluding hydrogens is 208 g/mol. The summed E-state index contributed by atoms with van der Waals surface area (Å²) in [5.41, 5.74) is -0.648. The molecule has 16 heavy (non-hydrogen) atoms. The van der Waals surface area contributed by atoms with Crippen molar-refractivity contribution in [3.05, 3.63) is 35.4 Å². The Bertz CT molecular complexity index is 466. The molecular formula is C12H12O4. The Morgan fingerprint density at radius 1 is 1.44 bits per heavy atom. The maximum Gasteiger partial charge on any atom is 0.306 e. The van der Waals surface area contributed by atoms with Crippen molar-refractivity contribution in [2.24, 2.45) is 0 Å². The van der Waals surface area contributed by atoms with Gasteiger partial charge < -0.3 is 10.2 Å². The quantitative estimate of drug-likeness (QED) is 0.785. The van der Waals surface area contributed by atoms with E-state index in [4.69, 9.17) is 5.11 Å². The highest BCUT2D eigenvalue weighted by molar-refractivity contribution is 6.09. The Hall–Kier alpha value is -1.68. The van der Waals surface area contributed by atoms with Crippen LogP contribution in [0.5, 0.6) is 0 Å². The minimum absolute atomic E-state index is 0.429. The van der Waals surface area contributed by atoms with Crippen LogP contribution in [0.25, 0.3) is 0 Å². The number of Topliss-reactive ketones (excluding diaryl/α,β-unsaturated/α-hetero) is 1. The number of carbonyl (C=O) groups is 2. The average molecular weight is 220 g/mol. The molecule has 4 nitrogen and oxygen atoms in total. The summed E-state index contributed by atoms with van der Waals surface area (Å²) in [6, 6.07) is 6.84. The molecule has 1 aromatic carbocycles. The topological polar surface area (TPSA) is 74.6 Å². The first kappa shape index (κ1) is 10.8. The molecule has 2 N–H and O–H groups in total. The van der Waals surface area contributed by atoms with E-state index >= 15 is 0 Å². The Morgan fingerprint density at radius 3 is 2.62 bits per heavy atom. The van der Waals surface area contributed by atoms with E-state index in [0.29, 0.717) is 5.56 Å². The summed E-state index contributed by atoms with van der Waals surface area (Å²) in [5.74, 6) is -2.14. The van der Waals surface area contributed by atoms with E-state index in [2.05, 4.69) is 0 Å². The summed E-state index contributed by atoms with van der Waals surface area (Å²) in [4.78, 5) is 22.6. The summed E-state index contributed by atoms with van der Waals surface area (Å²) < 4.78 is 0. The SMILES string of the molecule is CC1c2ccccc2C(=O)C1(O)CC(=O)O. The van der Waals surface area contributed by atoms with Crippen LogP contribution in [0.2, 0.25) is 0 Å². The van der Waals surface area contributed by atoms with Crippen LogP contribution in [-0.4, -0.2) is 27.6 Å². The van der Waals surface area contributed by atoms with Gasteiger partial charge in [-0.2, -0.15) is 0 Å². The fourth-order valence-electron chi connectivity index (χ4n) is 2.23. The fraction of sp³-hybridized carbons (Fsp3) is 0.333. The molecule has 0 saturated heterocycles. The molecule has 0 spiro atoms. The van der Waals surface area contributed by atoms with Gasteiger partial charge in [0.15, 0.2) is 5.78 Å². The van der Waals surface area contributed by atoms with Gasteiger partial charge >= 0.3 is 5.97 Å². The zero-order valence-electron chi connectivity index (χ0n) is 8.80. The number of carbonyl (C=O) groups excluding carboxylic acids is 1. The predicted octanol–water partition coefficient (Wildman–Crippen LogP) is 1.19. The largest absolute Gasteiger partial charge is 0.481 e. The van der Waals surface area contributed by atoms with Crippen molar-refractivity contribution in [2.75, 3.05) is 0 Å². The van der Waals surface area contributed by atoms with Crippen LogP contribution in [0.4, 0.5) is 0 Å². The maximum atomic E-state index is 12.0. The summed E-state index contributed by atoms with van der Waals surface area (Å²) >= 11 is 0. The van der Waals surface area contributed by atoms with Crippen LogP contribution in [0.1, 0.15) is 35.2 Å². The molecule has 0 fully saturated rings. The average Bonchev–Trinajstić information content (AvgIpc) is 2.42. The number of aliphatic hydroxyl groups is 1. The molecule has 2 unspecified atom stereocenters. The van der Waals surface area contributed by atoms with Crippen LogP contribution in [-0.2, 0) is 4.79 Å². The van der Waals surface area contributed by atoms with E-state index in [1.807, 2.05) is 0 Å². The standard InChI is InChI=1S/C12H12O4/c1-7-8-4-2-3-5-9(8)11(15)12(7,16)6-10(13)14/h2-5,7,16H,6H2,1H3,(H,13,14). The molecule has 0 aromatic heterocycles. The van der Waals surface area contributed by atoms with Gasteiger partial charge in [-0.3, -0.25) is 9.59 Å². The normalized spacial score (nSPS) is 27.9. The van der Waals surface area contributed by atoms with Gasteiger partial charge in [-0.1, -0.05) is 31.2 Å². The third-order valence-corrected chi connectivity index (χ3v) is 3.20. The second kappa shape index (κ2) is 3.42. The Labute approximate surface area is 92.5 Å². The summed E-state index contributed by atoms with van der Waals surface area (Å²) in [6.07, 6.45) is -0.554. The van der Waals surface area contributed by atoms with Crippen LogP contribution < -0.4 is 0 Å². The van der Waals surface area contributed by atoms with E-state index in [1.165, 1.54) is 0 Å². The fourth-order valence-corrected chi connectivity index (χ4v) is 2.23. The van der Waals surface area contributed by atoms with Crippen molar-refractivity contribution in [3.63, 3.8) is 0 Å². The molecule has 0 amide bonds. The Balaban J connectivity index is 2.49. The third-order valence-electron chi connectivity index (χ3n) is 3.20. The Kier molecular flexibility index (Phi) is 2.31. The molecule has 84 valence electrons. The monoisotopic (exact) mass is 220 g/mol. The van der Waals surface area contributed by atoms with Gasteiger partial charge in [-0.05, 0) is 5.56 Å². The highest BCUT2D eigenvalue weighted by Crippen LogP contribution is 2.42. The molecule has 1 aliphatic carbocycles. The van der Waals surface area contributed by atoms with E-state index in [0.717, 1.165) is 5.56 Å². The van der Waals surface area contributed by atoms with E-state index < -0.39 is 29.7 Å². The van der Waals surface area contributed by atoms with E-state index in [-0.39, 0.29) is 0 Å². The predicted molar refractivity (Wildman–Crippen MR) is 56.4 cm³/mol. The minimum Gasteiger partial charge on any atom is -0.481 e. The first-order chi connectivity index (χ1) is 7.47. The summed E-state index contributed by atoms with van der Waals surface area (Å²) in [6.45, 7) is 1.67. The van der Waals surface area contributed by atoms with Crippen molar-refractivity contribution in [1.82, 2.24) is 0 Å². The van der Waals surface area contributed by atoms with Crippen molar-refractivity contribution in [2.45, 2.75) is 24.9 Å². The first-order valence-corrected chi connectivity index (χ1v) is 5.04. The molecule has 2 atom stereocenters. The first-order valence-electron chi connectivity index (χ1n) is 5.04. The number of hydrogen-bond acceptors (Lipinski definition) is 3. The van der Waals surface area contributed by atoms with Crippen molar-refractivity contribution in [3.8, 4) is 0 Å². The lowest BCUT2D eigenvalue weighted by Crippen LogP contribution is -2.40. The van der Waals surface area contributed by atoms with Gasteiger partial charge in [-0.15, -0.1) is 0 Å². The number of ketones is 1. The minimum atomic E-state index is -1.80. The van der Waals surface area contributed by atoms with Crippen LogP contribution in [0, 0.1) is 0 Å². The molecule has 0 radical (unpaired) electrons. The van der Waals surface area contributed by atoms with Gasteiger partial charge in [0, 0.05) is 11.5 Å². The van der Waals surface area contributed by atoms with Crippen LogP contribution in [0.3, 0.4) is 0 Å². The number of hydrogen-bond donors (Lipinski definition) is 2. The van der Waals surface area contributed by atoms with Crippen molar-refractivity contribution >= 4 is 11.8 Å². The molecule has 1 aromatic rings. The maximum absolute atomic E-state index is 12.0. The summed E-state index contributed by atoms with van der Waals surface area (Å²) in [7, 11) is 0. The van der Waals surface area contributed by atoms with Gasteiger partial charge in [0.05, 0.1) is 6.42 Å². The van der Waals surface area contributed by atoms with Crippen LogP contribution >= 0.6 is 0 Å². The molecule has 0 aliphatic heterocycles. The second-order valence-electron chi connectivity index (χ2n) is 4.13. The van der Waals surface area contributed by atoms with E-state index in [9.17, 15) is 14.7 Å². The lowest BCUT2D eigenvalue weighted by atomic mass is 9.86. The smallest absolute Gasteiger partial charge is 0.306 e. The van der Waals surface area contributed by atoms with Gasteiger partial charge in [0.2, 0.25) is 0 Å². The highest BCUT2D eigenvalue weighted by Gasteiger charge is 2.50. The van der Waals surface area contributed by atoms with Crippen molar-refractivity contribution in [1.29, 1.82) is 0 Å². The second-order valence-corrected chi connectivity index (χ2v) is 4.13. The van der Waals surface area contributed by atoms with Crippen LogP contribution in [0.15, 0.2) is 24.3 Å². The van der Waals surface area contributed by atoms with Gasteiger partial charge in [-0.25, -0.2) is 0 Å². The lowest BCUT2D eigenvalue weighted by Gasteiger charge is -2.24. The Morgan fingerprint density at radius 2 is 2.06 bits per heavy atom. The van der Waals surface area contributed by atoms with Gasteiger partial charge in [0.25, 0.3) is 0 Å². The number of rotatable bonds is 2. The summed E-state index contributed by atoms with van der Waals surface area (Å²) in [5, 5.41) is 18.9. The van der Waals surface area contributed by atoms with Crippen molar-refractivity contribution < 1.29 is 19.8 Å². The number of fused-ring (bicyclic) bond motifs is 1. The molecule has 1 aliphatic rings. The zero-order valence-corrected chi connectivity index (χ0v) is 8.80. The number of benzene rings is 1. The molecule has 4 heteroatoms. The lowest BCUT2D eigenvalue weighted by molar-refractivity contribution is -0.141.